The first-order chi connectivity index (χ1) is 8.45. The molecule has 18 heavy (non-hydrogen) atoms. The maximum atomic E-state index is 13.0. The molecule has 3 unspecified atom stereocenters. The Hall–Kier alpha value is -0.930. The molecule has 2 N–H and O–H groups in total. The summed E-state index contributed by atoms with van der Waals surface area (Å²) < 4.78 is 19.0. The van der Waals surface area contributed by atoms with Gasteiger partial charge in [-0.25, -0.2) is 4.39 Å². The molecule has 0 heterocycles. The predicted molar refractivity (Wildman–Crippen MR) is 72.8 cm³/mol. The Balaban J connectivity index is 2.87. The Labute approximate surface area is 109 Å². The molecule has 0 aliphatic heterocycles. The molecule has 0 aromatic heterocycles. The number of benzene rings is 1. The van der Waals surface area contributed by atoms with Gasteiger partial charge in [0.15, 0.2) is 0 Å². The SMILES string of the molecule is CCC(N)C(OC(C)C(C)C)c1ccc(F)cc1. The molecule has 2 nitrogen and oxygen atoms in total. The zero-order valence-electron chi connectivity index (χ0n) is 11.7. The summed E-state index contributed by atoms with van der Waals surface area (Å²) >= 11 is 0. The molecule has 0 saturated carbocycles. The fraction of sp³-hybridized carbons (Fsp3) is 0.600. The Bertz CT molecular complexity index is 350. The van der Waals surface area contributed by atoms with Gasteiger partial charge in [0.1, 0.15) is 5.82 Å². The molecule has 0 aliphatic rings. The van der Waals surface area contributed by atoms with Crippen LogP contribution in [-0.2, 0) is 4.74 Å². The number of ether oxygens (including phenoxy) is 1. The second-order valence-corrected chi connectivity index (χ2v) is 5.13. The molecule has 0 bridgehead atoms. The zero-order chi connectivity index (χ0) is 13.7. The van der Waals surface area contributed by atoms with Crippen molar-refractivity contribution >= 4 is 0 Å². The number of rotatable bonds is 6. The number of hydrogen-bond donors (Lipinski definition) is 1. The maximum Gasteiger partial charge on any atom is 0.123 e. The van der Waals surface area contributed by atoms with Crippen LogP contribution in [0.25, 0.3) is 0 Å². The van der Waals surface area contributed by atoms with Crippen molar-refractivity contribution in [2.75, 3.05) is 0 Å². The molecule has 1 aromatic rings. The van der Waals surface area contributed by atoms with Crippen molar-refractivity contribution in [3.8, 4) is 0 Å². The Morgan fingerprint density at radius 1 is 1.17 bits per heavy atom. The van der Waals surface area contributed by atoms with Crippen molar-refractivity contribution in [1.82, 2.24) is 0 Å². The third-order valence-electron chi connectivity index (χ3n) is 3.36. The molecule has 0 radical (unpaired) electrons. The topological polar surface area (TPSA) is 35.2 Å². The van der Waals surface area contributed by atoms with Gasteiger partial charge < -0.3 is 10.5 Å². The van der Waals surface area contributed by atoms with Gasteiger partial charge in [-0.2, -0.15) is 0 Å². The molecular weight excluding hydrogens is 229 g/mol. The van der Waals surface area contributed by atoms with Gasteiger partial charge >= 0.3 is 0 Å². The van der Waals surface area contributed by atoms with E-state index >= 15 is 0 Å². The van der Waals surface area contributed by atoms with Crippen molar-refractivity contribution in [2.45, 2.75) is 52.4 Å². The van der Waals surface area contributed by atoms with Crippen LogP contribution in [-0.4, -0.2) is 12.1 Å². The van der Waals surface area contributed by atoms with Crippen LogP contribution in [0.15, 0.2) is 24.3 Å². The van der Waals surface area contributed by atoms with Crippen LogP contribution < -0.4 is 5.73 Å². The van der Waals surface area contributed by atoms with Gasteiger partial charge in [0.05, 0.1) is 12.2 Å². The second kappa shape index (κ2) is 6.86. The average molecular weight is 253 g/mol. The number of hydrogen-bond acceptors (Lipinski definition) is 2. The van der Waals surface area contributed by atoms with Crippen LogP contribution in [0.3, 0.4) is 0 Å². The third-order valence-corrected chi connectivity index (χ3v) is 3.36. The first-order valence-corrected chi connectivity index (χ1v) is 6.62. The van der Waals surface area contributed by atoms with Gasteiger partial charge in [-0.1, -0.05) is 32.9 Å². The van der Waals surface area contributed by atoms with Crippen LogP contribution in [0.1, 0.15) is 45.8 Å². The summed E-state index contributed by atoms with van der Waals surface area (Å²) in [6.45, 7) is 8.31. The summed E-state index contributed by atoms with van der Waals surface area (Å²) in [6, 6.07) is 6.34. The van der Waals surface area contributed by atoms with E-state index < -0.39 is 0 Å². The molecule has 1 aromatic carbocycles. The predicted octanol–water partition coefficient (Wildman–Crippen LogP) is 3.67. The van der Waals surface area contributed by atoms with Crippen LogP contribution in [0.4, 0.5) is 4.39 Å². The Kier molecular flexibility index (Phi) is 5.76. The minimum absolute atomic E-state index is 0.0725. The van der Waals surface area contributed by atoms with Crippen LogP contribution in [0, 0.1) is 11.7 Å². The minimum Gasteiger partial charge on any atom is -0.369 e. The van der Waals surface area contributed by atoms with E-state index in [0.717, 1.165) is 12.0 Å². The highest BCUT2D eigenvalue weighted by Crippen LogP contribution is 2.25. The average Bonchev–Trinajstić information content (AvgIpc) is 2.35. The van der Waals surface area contributed by atoms with E-state index in [1.807, 2.05) is 13.8 Å². The van der Waals surface area contributed by atoms with E-state index in [-0.39, 0.29) is 24.1 Å². The lowest BCUT2D eigenvalue weighted by molar-refractivity contribution is -0.0395. The minimum atomic E-state index is -0.237. The van der Waals surface area contributed by atoms with Gasteiger partial charge in [-0.15, -0.1) is 0 Å². The molecule has 3 atom stereocenters. The van der Waals surface area contributed by atoms with E-state index in [2.05, 4.69) is 13.8 Å². The van der Waals surface area contributed by atoms with Gasteiger partial charge in [0, 0.05) is 6.04 Å². The molecule has 0 spiro atoms. The van der Waals surface area contributed by atoms with E-state index in [1.54, 1.807) is 12.1 Å². The molecule has 102 valence electrons. The van der Waals surface area contributed by atoms with Crippen LogP contribution >= 0.6 is 0 Å². The normalized spacial score (nSPS) is 16.6. The fourth-order valence-corrected chi connectivity index (χ4v) is 1.68. The summed E-state index contributed by atoms with van der Waals surface area (Å²) in [5.41, 5.74) is 7.06. The van der Waals surface area contributed by atoms with Crippen molar-refractivity contribution < 1.29 is 9.13 Å². The molecule has 0 amide bonds. The second-order valence-electron chi connectivity index (χ2n) is 5.13. The first kappa shape index (κ1) is 15.1. The van der Waals surface area contributed by atoms with Gasteiger partial charge in [-0.05, 0) is 37.0 Å². The molecular formula is C15H24FNO. The number of nitrogens with two attached hydrogens (primary N) is 1. The summed E-state index contributed by atoms with van der Waals surface area (Å²) in [4.78, 5) is 0. The quantitative estimate of drug-likeness (QED) is 0.839. The number of halogens is 1. The van der Waals surface area contributed by atoms with Crippen molar-refractivity contribution in [1.29, 1.82) is 0 Å². The smallest absolute Gasteiger partial charge is 0.123 e. The van der Waals surface area contributed by atoms with Crippen molar-refractivity contribution in [3.63, 3.8) is 0 Å². The van der Waals surface area contributed by atoms with Crippen molar-refractivity contribution in [3.05, 3.63) is 35.6 Å². The fourth-order valence-electron chi connectivity index (χ4n) is 1.68. The lowest BCUT2D eigenvalue weighted by atomic mass is 9.99. The molecule has 0 saturated heterocycles. The lowest BCUT2D eigenvalue weighted by Crippen LogP contribution is -2.33. The Morgan fingerprint density at radius 3 is 2.17 bits per heavy atom. The molecule has 0 fully saturated rings. The summed E-state index contributed by atoms with van der Waals surface area (Å²) in [6.07, 6.45) is 0.776. The maximum absolute atomic E-state index is 13.0. The van der Waals surface area contributed by atoms with E-state index in [9.17, 15) is 4.39 Å². The zero-order valence-corrected chi connectivity index (χ0v) is 11.7. The Morgan fingerprint density at radius 2 is 1.72 bits per heavy atom. The van der Waals surface area contributed by atoms with Crippen molar-refractivity contribution in [2.24, 2.45) is 11.7 Å². The molecule has 1 rings (SSSR count). The van der Waals surface area contributed by atoms with Crippen LogP contribution in [0.5, 0.6) is 0 Å². The summed E-state index contributed by atoms with van der Waals surface area (Å²) in [7, 11) is 0. The summed E-state index contributed by atoms with van der Waals surface area (Å²) in [5, 5.41) is 0. The molecule has 3 heteroatoms. The highest BCUT2D eigenvalue weighted by molar-refractivity contribution is 5.20. The highest BCUT2D eigenvalue weighted by Gasteiger charge is 2.23. The summed E-state index contributed by atoms with van der Waals surface area (Å²) in [5.74, 6) is 0.191. The van der Waals surface area contributed by atoms with E-state index in [4.69, 9.17) is 10.5 Å². The lowest BCUT2D eigenvalue weighted by Gasteiger charge is -2.29. The third kappa shape index (κ3) is 4.07. The first-order valence-electron chi connectivity index (χ1n) is 6.62. The van der Waals surface area contributed by atoms with E-state index in [1.165, 1.54) is 12.1 Å². The standard InChI is InChI=1S/C15H24FNO/c1-5-14(17)15(18-11(4)10(2)3)12-6-8-13(16)9-7-12/h6-11,14-15H,5,17H2,1-4H3. The van der Waals surface area contributed by atoms with Crippen LogP contribution in [0.2, 0.25) is 0 Å². The van der Waals surface area contributed by atoms with Gasteiger partial charge in [-0.3, -0.25) is 0 Å². The largest absolute Gasteiger partial charge is 0.369 e. The monoisotopic (exact) mass is 253 g/mol. The van der Waals surface area contributed by atoms with E-state index in [0.29, 0.717) is 5.92 Å². The molecule has 0 aliphatic carbocycles. The van der Waals surface area contributed by atoms with Gasteiger partial charge in [0.25, 0.3) is 0 Å². The van der Waals surface area contributed by atoms with Gasteiger partial charge in [0.2, 0.25) is 0 Å². The highest BCUT2D eigenvalue weighted by atomic mass is 19.1.